The molecular formula is C33H30FN7O4. The zero-order valence-corrected chi connectivity index (χ0v) is 24.4. The number of fused-ring (bicyclic) bond motifs is 4. The van der Waals surface area contributed by atoms with E-state index in [0.717, 1.165) is 25.2 Å². The van der Waals surface area contributed by atoms with Crippen LogP contribution in [0.15, 0.2) is 71.9 Å². The maximum atomic E-state index is 15.0. The average molecular weight is 608 g/mol. The summed E-state index contributed by atoms with van der Waals surface area (Å²) in [5, 5.41) is 10.2. The number of anilines is 2. The molecule has 2 N–H and O–H groups in total. The van der Waals surface area contributed by atoms with Gasteiger partial charge in [-0.2, -0.15) is 5.10 Å². The first-order valence-electron chi connectivity index (χ1n) is 15.1. The van der Waals surface area contributed by atoms with Crippen LogP contribution in [0.4, 0.5) is 15.9 Å². The lowest BCUT2D eigenvalue weighted by molar-refractivity contribution is -0.117. The number of para-hydroxylation sites is 1. The molecule has 2 aromatic heterocycles. The molecule has 2 fully saturated rings. The van der Waals surface area contributed by atoms with Crippen LogP contribution >= 0.6 is 0 Å². The number of carbonyl (C=O) groups is 2. The monoisotopic (exact) mass is 607 g/mol. The molecule has 2 saturated heterocycles. The molecule has 2 aromatic carbocycles. The molecule has 2 amide bonds. The normalized spacial score (nSPS) is 23.4. The molecule has 0 saturated carbocycles. The summed E-state index contributed by atoms with van der Waals surface area (Å²) in [6.07, 6.45) is 2.17. The minimum Gasteiger partial charge on any atom is -0.474 e. The van der Waals surface area contributed by atoms with E-state index in [-0.39, 0.29) is 23.5 Å². The van der Waals surface area contributed by atoms with Gasteiger partial charge in [0.25, 0.3) is 11.8 Å². The number of carbonyl (C=O) groups excluding carboxylic acids is 2. The van der Waals surface area contributed by atoms with E-state index in [1.807, 2.05) is 49.4 Å². The number of morpholine rings is 1. The Hall–Kier alpha value is -5.10. The van der Waals surface area contributed by atoms with Crippen LogP contribution in [0.25, 0.3) is 11.3 Å². The number of aryl methyl sites for hydroxylation is 1. The predicted molar refractivity (Wildman–Crippen MR) is 164 cm³/mol. The lowest BCUT2D eigenvalue weighted by atomic mass is 10.0. The van der Waals surface area contributed by atoms with Gasteiger partial charge in [-0.3, -0.25) is 9.59 Å². The number of benzene rings is 2. The van der Waals surface area contributed by atoms with Crippen molar-refractivity contribution >= 4 is 29.0 Å². The van der Waals surface area contributed by atoms with Gasteiger partial charge in [0.15, 0.2) is 0 Å². The highest BCUT2D eigenvalue weighted by Crippen LogP contribution is 2.36. The Morgan fingerprint density at radius 1 is 1.09 bits per heavy atom. The first-order valence-corrected chi connectivity index (χ1v) is 15.1. The molecule has 4 aliphatic rings. The summed E-state index contributed by atoms with van der Waals surface area (Å²) in [6.45, 7) is 4.00. The maximum absolute atomic E-state index is 15.0. The number of rotatable bonds is 5. The number of halogens is 1. The smallest absolute Gasteiger partial charge is 0.269 e. The Kier molecular flexibility index (Phi) is 6.59. The fourth-order valence-electron chi connectivity index (χ4n) is 6.47. The third-order valence-corrected chi connectivity index (χ3v) is 8.75. The molecule has 6 heterocycles. The van der Waals surface area contributed by atoms with E-state index >= 15 is 0 Å². The summed E-state index contributed by atoms with van der Waals surface area (Å²) in [5.74, 6) is -0.709. The van der Waals surface area contributed by atoms with Gasteiger partial charge in [0.1, 0.15) is 22.9 Å². The van der Waals surface area contributed by atoms with Crippen molar-refractivity contribution in [2.75, 3.05) is 23.4 Å². The summed E-state index contributed by atoms with van der Waals surface area (Å²) >= 11 is 0. The Bertz CT molecular complexity index is 1840. The van der Waals surface area contributed by atoms with Gasteiger partial charge in [-0.15, -0.1) is 0 Å². The minimum atomic E-state index is -1.36. The number of aromatic nitrogens is 3. The van der Waals surface area contributed by atoms with Gasteiger partial charge in [0.05, 0.1) is 36.3 Å². The molecule has 2 bridgehead atoms. The number of hydrogen-bond acceptors (Lipinski definition) is 8. The largest absolute Gasteiger partial charge is 0.474 e. The maximum Gasteiger partial charge on any atom is 0.269 e. The number of amides is 2. The van der Waals surface area contributed by atoms with Crippen molar-refractivity contribution in [3.05, 3.63) is 89.4 Å². The molecule has 8 rings (SSSR count). The number of nitrogens with zero attached hydrogens (tertiary/aromatic N) is 5. The molecule has 11 nitrogen and oxygen atoms in total. The van der Waals surface area contributed by atoms with Crippen LogP contribution in [0.2, 0.25) is 0 Å². The van der Waals surface area contributed by atoms with E-state index in [1.165, 1.54) is 6.07 Å². The third kappa shape index (κ3) is 4.81. The lowest BCUT2D eigenvalue weighted by Gasteiger charge is -2.27. The second kappa shape index (κ2) is 10.8. The van der Waals surface area contributed by atoms with Crippen LogP contribution in [0.1, 0.15) is 41.3 Å². The van der Waals surface area contributed by atoms with E-state index in [1.54, 1.807) is 23.0 Å². The average Bonchev–Trinajstić information content (AvgIpc) is 3.77. The van der Waals surface area contributed by atoms with Crippen LogP contribution in [0.3, 0.4) is 0 Å². The highest BCUT2D eigenvalue weighted by Gasteiger charge is 2.40. The summed E-state index contributed by atoms with van der Waals surface area (Å²) in [7, 11) is 0. The summed E-state index contributed by atoms with van der Waals surface area (Å²) in [4.78, 5) is 39.2. The molecule has 4 aromatic rings. The molecule has 0 radical (unpaired) electrons. The highest BCUT2D eigenvalue weighted by molar-refractivity contribution is 6.20. The number of hydrogen-bond donors (Lipinski definition) is 2. The molecule has 0 aliphatic carbocycles. The number of ether oxygens (including phenoxy) is 2. The summed E-state index contributed by atoms with van der Waals surface area (Å²) in [6, 6.07) is 17.8. The van der Waals surface area contributed by atoms with Crippen molar-refractivity contribution in [1.29, 1.82) is 0 Å². The standard InChI is InChI=1S/C33H30FN7O4/c1-18-12-13-41-33(45-18)26(28(39-41)20-10-11-25(35-15-20)40-16-22-14-21(40)17-44-22)31(42)38-30-32(43)37-29-23(8-5-9-24(29)34)27(36-30)19-6-3-2-4-7-19/h2-11,15,18,21-22,30H,12-14,16-17H2,1H3,(H,37,43)(H,38,42)/t18-,21-,22-,30-/m0/s1. The van der Waals surface area contributed by atoms with Crippen LogP contribution < -0.4 is 20.3 Å². The Balaban J connectivity index is 1.15. The fraction of sp³-hybridized carbons (Fsp3) is 0.303. The first kappa shape index (κ1) is 27.4. The molecule has 4 atom stereocenters. The number of nitrogens with one attached hydrogen (secondary N) is 2. The van der Waals surface area contributed by atoms with Crippen molar-refractivity contribution < 1.29 is 23.5 Å². The van der Waals surface area contributed by atoms with Gasteiger partial charge >= 0.3 is 0 Å². The Morgan fingerprint density at radius 3 is 2.71 bits per heavy atom. The van der Waals surface area contributed by atoms with Crippen LogP contribution in [-0.4, -0.2) is 69.9 Å². The third-order valence-electron chi connectivity index (χ3n) is 8.75. The second-order valence-corrected chi connectivity index (χ2v) is 11.7. The minimum absolute atomic E-state index is 0.00608. The van der Waals surface area contributed by atoms with Crippen molar-refractivity contribution in [2.45, 2.75) is 50.7 Å². The number of pyridine rings is 1. The number of aliphatic imine (C=N–C) groups is 1. The fourth-order valence-corrected chi connectivity index (χ4v) is 6.47. The zero-order valence-electron chi connectivity index (χ0n) is 24.4. The molecular weight excluding hydrogens is 577 g/mol. The molecule has 0 unspecified atom stereocenters. The van der Waals surface area contributed by atoms with E-state index in [9.17, 15) is 14.0 Å². The summed E-state index contributed by atoms with van der Waals surface area (Å²) in [5.41, 5.74) is 2.67. The van der Waals surface area contributed by atoms with Gasteiger partial charge in [-0.25, -0.2) is 19.0 Å². The molecule has 4 aliphatic heterocycles. The van der Waals surface area contributed by atoms with Crippen molar-refractivity contribution in [3.8, 4) is 17.1 Å². The zero-order chi connectivity index (χ0) is 30.7. The van der Waals surface area contributed by atoms with Gasteiger partial charge in [-0.05, 0) is 31.5 Å². The van der Waals surface area contributed by atoms with Gasteiger partial charge in [0, 0.05) is 42.4 Å². The molecule has 12 heteroatoms. The van der Waals surface area contributed by atoms with Gasteiger partial charge in [-0.1, -0.05) is 42.5 Å². The van der Waals surface area contributed by atoms with Crippen molar-refractivity contribution in [2.24, 2.45) is 4.99 Å². The predicted octanol–water partition coefficient (Wildman–Crippen LogP) is 3.78. The Labute approximate surface area is 258 Å². The van der Waals surface area contributed by atoms with E-state index < -0.39 is 23.8 Å². The SMILES string of the molecule is C[C@H]1CCn2nc(-c3ccc(N4C[C@@H]5C[C@H]4CO5)nc3)c(C(=O)N[C@@H]3N=C(c4ccccc4)c4cccc(F)c4NC3=O)c2O1. The van der Waals surface area contributed by atoms with Crippen LogP contribution in [0.5, 0.6) is 5.88 Å². The summed E-state index contributed by atoms with van der Waals surface area (Å²) < 4.78 is 28.5. The van der Waals surface area contributed by atoms with E-state index in [4.69, 9.17) is 19.6 Å². The van der Waals surface area contributed by atoms with E-state index in [2.05, 4.69) is 20.5 Å². The van der Waals surface area contributed by atoms with Crippen LogP contribution in [0, 0.1) is 5.82 Å². The van der Waals surface area contributed by atoms with E-state index in [0.29, 0.717) is 53.2 Å². The van der Waals surface area contributed by atoms with Crippen LogP contribution in [-0.2, 0) is 16.1 Å². The van der Waals surface area contributed by atoms with Gasteiger partial charge in [0.2, 0.25) is 12.0 Å². The number of benzodiazepines with no additional fused rings is 1. The second-order valence-electron chi connectivity index (χ2n) is 11.7. The van der Waals surface area contributed by atoms with Crippen molar-refractivity contribution in [1.82, 2.24) is 20.1 Å². The van der Waals surface area contributed by atoms with Crippen molar-refractivity contribution in [3.63, 3.8) is 0 Å². The topological polar surface area (TPSA) is 123 Å². The quantitative estimate of drug-likeness (QED) is 0.354. The molecule has 228 valence electrons. The first-order chi connectivity index (χ1) is 21.9. The van der Waals surface area contributed by atoms with Gasteiger partial charge < -0.3 is 25.0 Å². The molecule has 0 spiro atoms. The highest BCUT2D eigenvalue weighted by atomic mass is 19.1. The molecule has 45 heavy (non-hydrogen) atoms. The lowest BCUT2D eigenvalue weighted by Crippen LogP contribution is -2.42. The Morgan fingerprint density at radius 2 is 1.96 bits per heavy atom.